The minimum absolute atomic E-state index is 0.319. The van der Waals surface area contributed by atoms with Crippen molar-refractivity contribution in [1.82, 2.24) is 59.1 Å². The van der Waals surface area contributed by atoms with Crippen LogP contribution in [0, 0.1) is 0 Å². The number of nitrogens with two attached hydrogens (primary N) is 2. The fourth-order valence-corrected chi connectivity index (χ4v) is 12.0. The first-order valence-corrected chi connectivity index (χ1v) is 29.1. The first-order valence-electron chi connectivity index (χ1n) is 29.1. The predicted molar refractivity (Wildman–Crippen MR) is 327 cm³/mol. The van der Waals surface area contributed by atoms with E-state index in [1.807, 2.05) is 24.3 Å². The second-order valence-corrected chi connectivity index (χ2v) is 22.4. The van der Waals surface area contributed by atoms with Crippen molar-refractivity contribution in [2.75, 3.05) is 88.6 Å². The van der Waals surface area contributed by atoms with E-state index in [0.717, 1.165) is 131 Å². The van der Waals surface area contributed by atoms with Crippen LogP contribution in [0.15, 0.2) is 119 Å². The molecule has 2 saturated carbocycles. The number of carbonyl (C=O) groups is 2. The van der Waals surface area contributed by atoms with E-state index in [1.54, 1.807) is 25.2 Å². The smallest absolute Gasteiger partial charge is 0.300 e. The number of nitrogens with one attached hydrogen (secondary N) is 2. The van der Waals surface area contributed by atoms with Gasteiger partial charge >= 0.3 is 0 Å². The monoisotopic (exact) mass is 1140 g/mol. The predicted octanol–water partition coefficient (Wildman–Crippen LogP) is 9.36. The number of likely N-dealkylation sites (N-methyl/N-ethyl adjacent to an activating group) is 2. The summed E-state index contributed by atoms with van der Waals surface area (Å²) in [7, 11) is 4.43. The highest BCUT2D eigenvalue weighted by atomic mass is 16.4. The number of hydrogen-bond acceptors (Lipinski definition) is 18. The summed E-state index contributed by atoms with van der Waals surface area (Å²) in [5, 5.41) is 34.7. The molecule has 8 heterocycles. The molecule has 0 radical (unpaired) electrons. The molecule has 2 aliphatic carbocycles. The highest BCUT2D eigenvalue weighted by Crippen LogP contribution is 2.39. The topological polar surface area (TPSA) is 277 Å². The molecule has 84 heavy (non-hydrogen) atoms. The van der Waals surface area contributed by atoms with Gasteiger partial charge in [0.05, 0.1) is 41.9 Å². The van der Waals surface area contributed by atoms with Gasteiger partial charge in [0.1, 0.15) is 47.0 Å². The summed E-state index contributed by atoms with van der Waals surface area (Å²) < 4.78 is 15.3. The maximum Gasteiger partial charge on any atom is 0.300 e. The second-order valence-electron chi connectivity index (χ2n) is 22.4. The summed E-state index contributed by atoms with van der Waals surface area (Å²) >= 11 is 0. The molecule has 4 fully saturated rings. The normalized spacial score (nSPS) is 19.8. The van der Waals surface area contributed by atoms with Gasteiger partial charge in [0, 0.05) is 118 Å². The molecule has 0 bridgehead atoms. The minimum atomic E-state index is -0.833. The Labute approximate surface area is 488 Å². The average molecular weight is 1140 g/mol. The molecule has 0 spiro atoms. The molecule has 3 aromatic carbocycles. The van der Waals surface area contributed by atoms with E-state index < -0.39 is 11.9 Å². The van der Waals surface area contributed by atoms with E-state index in [9.17, 15) is 0 Å². The molecular weight excluding hydrogens is 1060 g/mol. The number of hydrogen-bond donors (Lipinski definition) is 6. The Kier molecular flexibility index (Phi) is 19.1. The molecule has 2 saturated heterocycles. The number of fused-ring (bicyclic) bond motifs is 3. The number of piperazine rings is 2. The number of nitrogens with zero attached hydrogens (tertiary/aromatic N) is 12. The Bertz CT molecular complexity index is 3520. The van der Waals surface area contributed by atoms with E-state index in [-0.39, 0.29) is 0 Å². The Balaban J connectivity index is 0.000000167. The van der Waals surface area contributed by atoms with Crippen molar-refractivity contribution in [1.29, 1.82) is 0 Å². The van der Waals surface area contributed by atoms with E-state index >= 15 is 0 Å². The maximum atomic E-state index is 9.00. The first-order chi connectivity index (χ1) is 40.7. The van der Waals surface area contributed by atoms with Crippen molar-refractivity contribution in [3.05, 3.63) is 121 Å². The summed E-state index contributed by atoms with van der Waals surface area (Å²) in [6.07, 6.45) is 15.7. The van der Waals surface area contributed by atoms with Gasteiger partial charge in [-0.15, -0.1) is 0 Å². The van der Waals surface area contributed by atoms with Crippen LogP contribution in [-0.4, -0.2) is 160 Å². The molecule has 9 aromatic rings. The molecule has 22 heteroatoms. The molecule has 0 amide bonds. The van der Waals surface area contributed by atoms with E-state index in [4.69, 9.17) is 50.3 Å². The Morgan fingerprint density at radius 2 is 1.00 bits per heavy atom. The molecule has 13 rings (SSSR count). The lowest BCUT2D eigenvalue weighted by atomic mass is 9.90. The van der Waals surface area contributed by atoms with E-state index in [1.165, 1.54) is 65.0 Å². The summed E-state index contributed by atoms with van der Waals surface area (Å²) in [6.45, 7) is 12.9. The Morgan fingerprint density at radius 3 is 1.43 bits per heavy atom. The van der Waals surface area contributed by atoms with Crippen molar-refractivity contribution >= 4 is 68.0 Å². The summed E-state index contributed by atoms with van der Waals surface area (Å²) in [4.78, 5) is 46.1. The van der Waals surface area contributed by atoms with Crippen LogP contribution < -0.4 is 22.1 Å². The van der Waals surface area contributed by atoms with Crippen LogP contribution in [0.5, 0.6) is 0 Å². The van der Waals surface area contributed by atoms with Gasteiger partial charge in [-0.05, 0) is 108 Å². The molecule has 4 aliphatic rings. The van der Waals surface area contributed by atoms with Crippen molar-refractivity contribution in [2.45, 2.75) is 102 Å². The zero-order chi connectivity index (χ0) is 58.7. The Hall–Kier alpha value is -8.44. The fraction of sp³-hybridized carbons (Fsp3) is 0.419. The standard InChI is InChI=1S/C31H36N8O.C27H34N8O.2C2H4O2/c1-37-14-16-38(17-15-37)24-10-12-25(13-11-24)39-31-28(30(32)34-20-35-31)29(36-39)21-6-8-23(9-7-21)33-19-26-18-22-4-2-3-5-27(22)40-26;1-33-11-13-34(14-12-33)22-6-8-23(9-7-22)35-27-24(26(28)30-18-31-27)25(32-35)20-2-4-21(5-3-20)29-16-19-10-15-36-17-19;2*1-2(3)4/h2-9,18,20,24-25,33H,10-17,19H2,1H3,(H2,32,34,35);2-5,10,15,17-18,22-23,29H,6-9,11-14,16H2,1H3,(H2,28,30,31);2*1H3,(H,3,4)/t24-,25+;22-,23+;;. The number of furan rings is 2. The average Bonchev–Trinajstić information content (AvgIpc) is 3.44. The third kappa shape index (κ3) is 14.5. The molecular formula is C62H78N16O6. The minimum Gasteiger partial charge on any atom is -0.481 e. The number of anilines is 4. The lowest BCUT2D eigenvalue weighted by Crippen LogP contribution is -2.49. The SMILES string of the molecule is CC(=O)O.CC(=O)O.CN1CCN([C@H]2CC[C@@H](n3nc(-c4ccc(NCc5cc6ccccc6o5)cc4)c4c(N)ncnc43)CC2)CC1.CN1CCN([C@H]2CC[C@@H](n3nc(-c4ccc(NCc5ccoc5)cc4)c4c(N)ncnc43)CC2)CC1. The molecule has 2 aliphatic heterocycles. The van der Waals surface area contributed by atoms with Gasteiger partial charge in [-0.25, -0.2) is 29.3 Å². The van der Waals surface area contributed by atoms with Gasteiger partial charge < -0.3 is 50.9 Å². The van der Waals surface area contributed by atoms with Gasteiger partial charge in [0.2, 0.25) is 0 Å². The summed E-state index contributed by atoms with van der Waals surface area (Å²) in [6, 6.07) is 30.7. The third-order valence-electron chi connectivity index (χ3n) is 16.5. The van der Waals surface area contributed by atoms with Crippen molar-refractivity contribution in [2.24, 2.45) is 0 Å². The second kappa shape index (κ2) is 27.3. The van der Waals surface area contributed by atoms with Crippen molar-refractivity contribution < 1.29 is 28.6 Å². The first kappa shape index (κ1) is 58.7. The van der Waals surface area contributed by atoms with Crippen LogP contribution in [0.25, 0.3) is 55.6 Å². The van der Waals surface area contributed by atoms with Crippen molar-refractivity contribution in [3.63, 3.8) is 0 Å². The van der Waals surface area contributed by atoms with E-state index in [0.29, 0.717) is 48.9 Å². The van der Waals surface area contributed by atoms with Gasteiger partial charge in [-0.2, -0.15) is 10.2 Å². The molecule has 0 unspecified atom stereocenters. The van der Waals surface area contributed by atoms with Gasteiger partial charge in [-0.3, -0.25) is 19.4 Å². The highest BCUT2D eigenvalue weighted by Gasteiger charge is 2.33. The maximum absolute atomic E-state index is 9.00. The molecule has 0 atom stereocenters. The van der Waals surface area contributed by atoms with Crippen LogP contribution in [0.1, 0.15) is 88.6 Å². The molecule has 442 valence electrons. The van der Waals surface area contributed by atoms with Crippen LogP contribution in [-0.2, 0) is 22.7 Å². The van der Waals surface area contributed by atoms with Crippen molar-refractivity contribution in [3.8, 4) is 22.5 Å². The van der Waals surface area contributed by atoms with Crippen LogP contribution in [0.4, 0.5) is 23.0 Å². The van der Waals surface area contributed by atoms with Gasteiger partial charge in [0.15, 0.2) is 11.3 Å². The number of benzene rings is 3. The number of para-hydroxylation sites is 1. The molecule has 6 aromatic heterocycles. The highest BCUT2D eigenvalue weighted by molar-refractivity contribution is 5.99. The number of carboxylic acids is 2. The zero-order valence-corrected chi connectivity index (χ0v) is 48.5. The number of carboxylic acid groups (broad SMARTS) is 2. The lowest BCUT2D eigenvalue weighted by Gasteiger charge is -2.41. The number of rotatable bonds is 12. The Morgan fingerprint density at radius 1 is 0.571 bits per heavy atom. The van der Waals surface area contributed by atoms with Gasteiger partial charge in [-0.1, -0.05) is 42.5 Å². The van der Waals surface area contributed by atoms with E-state index in [2.05, 4.69) is 134 Å². The summed E-state index contributed by atoms with van der Waals surface area (Å²) in [5.74, 6) is 0.196. The largest absolute Gasteiger partial charge is 0.481 e. The number of aromatic nitrogens is 8. The summed E-state index contributed by atoms with van der Waals surface area (Å²) in [5.41, 5.74) is 22.2. The van der Waals surface area contributed by atoms with Gasteiger partial charge in [0.25, 0.3) is 11.9 Å². The molecule has 22 nitrogen and oxygen atoms in total. The van der Waals surface area contributed by atoms with Crippen LogP contribution in [0.3, 0.4) is 0 Å². The third-order valence-corrected chi connectivity index (χ3v) is 16.5. The zero-order valence-electron chi connectivity index (χ0n) is 48.5. The fourth-order valence-electron chi connectivity index (χ4n) is 12.0. The number of aliphatic carboxylic acids is 2. The van der Waals surface area contributed by atoms with Crippen LogP contribution >= 0.6 is 0 Å². The number of nitrogen functional groups attached to an aromatic ring is 2. The van der Waals surface area contributed by atoms with Crippen LogP contribution in [0.2, 0.25) is 0 Å². The molecule has 8 N–H and O–H groups in total. The lowest BCUT2D eigenvalue weighted by molar-refractivity contribution is -0.135. The quantitative estimate of drug-likeness (QED) is 0.0664.